The number of carbonyl (C=O) groups is 3. The molecule has 30 heavy (non-hydrogen) atoms. The lowest BCUT2D eigenvalue weighted by Gasteiger charge is -2.31. The molecule has 1 saturated heterocycles. The Labute approximate surface area is 182 Å². The molecule has 2 N–H and O–H groups in total. The standard InChI is InChI=1S/C22H30ClN3O4/c1-30-19-8-7-16(23)13-18(19)22(29)26-11-9-15(10-12-26)21(28)24-14-20(27)25-17-5-3-2-4-6-17/h7-8,13,15,17H,2-6,9-12,14H2,1H3,(H,24,28)(H,25,27). The van der Waals surface area contributed by atoms with E-state index in [0.29, 0.717) is 42.3 Å². The first-order chi connectivity index (χ1) is 14.5. The van der Waals surface area contributed by atoms with Gasteiger partial charge in [-0.15, -0.1) is 0 Å². The third-order valence-electron chi connectivity index (χ3n) is 5.94. The number of nitrogens with zero attached hydrogens (tertiary/aromatic N) is 1. The van der Waals surface area contributed by atoms with Crippen LogP contribution in [-0.4, -0.2) is 55.4 Å². The van der Waals surface area contributed by atoms with Crippen molar-refractivity contribution in [1.82, 2.24) is 15.5 Å². The molecule has 0 aromatic heterocycles. The van der Waals surface area contributed by atoms with E-state index in [4.69, 9.17) is 16.3 Å². The van der Waals surface area contributed by atoms with Crippen molar-refractivity contribution in [3.05, 3.63) is 28.8 Å². The first-order valence-corrected chi connectivity index (χ1v) is 11.1. The molecule has 0 bridgehead atoms. The molecule has 0 radical (unpaired) electrons. The zero-order chi connectivity index (χ0) is 21.5. The molecule has 8 heteroatoms. The zero-order valence-corrected chi connectivity index (χ0v) is 18.2. The molecule has 0 spiro atoms. The number of rotatable bonds is 6. The molecule has 0 atom stereocenters. The first-order valence-electron chi connectivity index (χ1n) is 10.7. The van der Waals surface area contributed by atoms with E-state index in [9.17, 15) is 14.4 Å². The molecule has 2 fully saturated rings. The van der Waals surface area contributed by atoms with Crippen molar-refractivity contribution in [2.24, 2.45) is 5.92 Å². The van der Waals surface area contributed by atoms with Crippen molar-refractivity contribution in [2.75, 3.05) is 26.7 Å². The summed E-state index contributed by atoms with van der Waals surface area (Å²) in [5.74, 6) is -0.122. The molecule has 1 aromatic rings. The highest BCUT2D eigenvalue weighted by atomic mass is 35.5. The predicted molar refractivity (Wildman–Crippen MR) is 115 cm³/mol. The largest absolute Gasteiger partial charge is 0.496 e. The maximum Gasteiger partial charge on any atom is 0.257 e. The van der Waals surface area contributed by atoms with E-state index in [-0.39, 0.29) is 36.2 Å². The van der Waals surface area contributed by atoms with Gasteiger partial charge in [-0.2, -0.15) is 0 Å². The van der Waals surface area contributed by atoms with Gasteiger partial charge >= 0.3 is 0 Å². The minimum absolute atomic E-state index is 0.00813. The number of benzene rings is 1. The van der Waals surface area contributed by atoms with E-state index in [2.05, 4.69) is 10.6 Å². The van der Waals surface area contributed by atoms with E-state index >= 15 is 0 Å². The fraction of sp³-hybridized carbons (Fsp3) is 0.591. The average Bonchev–Trinajstić information content (AvgIpc) is 2.77. The Hall–Kier alpha value is -2.28. The van der Waals surface area contributed by atoms with Gasteiger partial charge < -0.3 is 20.3 Å². The van der Waals surface area contributed by atoms with Crippen molar-refractivity contribution >= 4 is 29.3 Å². The minimum atomic E-state index is -0.196. The summed E-state index contributed by atoms with van der Waals surface area (Å²) < 4.78 is 5.27. The van der Waals surface area contributed by atoms with Crippen LogP contribution in [0.25, 0.3) is 0 Å². The molecule has 1 heterocycles. The Morgan fingerprint density at radius 1 is 1.10 bits per heavy atom. The van der Waals surface area contributed by atoms with Crippen molar-refractivity contribution in [3.63, 3.8) is 0 Å². The number of halogens is 1. The van der Waals surface area contributed by atoms with Crippen LogP contribution in [0.3, 0.4) is 0 Å². The highest BCUT2D eigenvalue weighted by molar-refractivity contribution is 6.31. The van der Waals surface area contributed by atoms with Crippen LogP contribution in [0.5, 0.6) is 5.75 Å². The van der Waals surface area contributed by atoms with Gasteiger partial charge in [-0.1, -0.05) is 30.9 Å². The summed E-state index contributed by atoms with van der Waals surface area (Å²) in [6.45, 7) is 0.954. The fourth-order valence-electron chi connectivity index (χ4n) is 4.20. The quantitative estimate of drug-likeness (QED) is 0.719. The van der Waals surface area contributed by atoms with Crippen LogP contribution in [0.4, 0.5) is 0 Å². The van der Waals surface area contributed by atoms with Gasteiger partial charge in [-0.25, -0.2) is 0 Å². The number of hydrogen-bond donors (Lipinski definition) is 2. The molecule has 1 aliphatic heterocycles. The molecule has 1 saturated carbocycles. The lowest BCUT2D eigenvalue weighted by molar-refractivity contribution is -0.129. The number of methoxy groups -OCH3 is 1. The normalized spacial score (nSPS) is 18.0. The van der Waals surface area contributed by atoms with Gasteiger partial charge in [0.05, 0.1) is 19.2 Å². The third-order valence-corrected chi connectivity index (χ3v) is 6.17. The van der Waals surface area contributed by atoms with Crippen LogP contribution in [0.1, 0.15) is 55.3 Å². The van der Waals surface area contributed by atoms with E-state index in [1.165, 1.54) is 13.5 Å². The Balaban J connectivity index is 1.44. The lowest BCUT2D eigenvalue weighted by Crippen LogP contribution is -2.46. The molecule has 2 aliphatic rings. The molecular weight excluding hydrogens is 406 g/mol. The summed E-state index contributed by atoms with van der Waals surface area (Å²) >= 11 is 6.03. The highest BCUT2D eigenvalue weighted by Crippen LogP contribution is 2.26. The van der Waals surface area contributed by atoms with Crippen LogP contribution >= 0.6 is 11.6 Å². The molecule has 1 aliphatic carbocycles. The molecule has 7 nitrogen and oxygen atoms in total. The maximum absolute atomic E-state index is 12.8. The summed E-state index contributed by atoms with van der Waals surface area (Å²) in [4.78, 5) is 39.1. The Morgan fingerprint density at radius 2 is 1.80 bits per heavy atom. The van der Waals surface area contributed by atoms with Crippen molar-refractivity contribution < 1.29 is 19.1 Å². The summed E-state index contributed by atoms with van der Waals surface area (Å²) in [7, 11) is 1.51. The van der Waals surface area contributed by atoms with Crippen molar-refractivity contribution in [3.8, 4) is 5.75 Å². The Morgan fingerprint density at radius 3 is 2.47 bits per heavy atom. The van der Waals surface area contributed by atoms with Crippen LogP contribution < -0.4 is 15.4 Å². The zero-order valence-electron chi connectivity index (χ0n) is 17.4. The fourth-order valence-corrected chi connectivity index (χ4v) is 4.37. The van der Waals surface area contributed by atoms with E-state index in [0.717, 1.165) is 25.7 Å². The third kappa shape index (κ3) is 5.88. The van der Waals surface area contributed by atoms with E-state index in [1.54, 1.807) is 23.1 Å². The Bertz CT molecular complexity index is 772. The SMILES string of the molecule is COc1ccc(Cl)cc1C(=O)N1CCC(C(=O)NCC(=O)NC2CCCCC2)CC1. The summed E-state index contributed by atoms with van der Waals surface area (Å²) in [5.41, 5.74) is 0.423. The van der Waals surface area contributed by atoms with Crippen LogP contribution in [0.2, 0.25) is 5.02 Å². The smallest absolute Gasteiger partial charge is 0.257 e. The molecule has 3 rings (SSSR count). The van der Waals surface area contributed by atoms with Gasteiger partial charge in [-0.3, -0.25) is 14.4 Å². The molecular formula is C22H30ClN3O4. The first kappa shape index (κ1) is 22.4. The van der Waals surface area contributed by atoms with Gasteiger partial charge in [0, 0.05) is 30.1 Å². The predicted octanol–water partition coefficient (Wildman–Crippen LogP) is 2.77. The van der Waals surface area contributed by atoms with Gasteiger partial charge in [0.15, 0.2) is 0 Å². The number of amides is 3. The molecule has 3 amide bonds. The number of carbonyl (C=O) groups excluding carboxylic acids is 3. The van der Waals surface area contributed by atoms with Crippen molar-refractivity contribution in [2.45, 2.75) is 51.0 Å². The number of piperidine rings is 1. The van der Waals surface area contributed by atoms with Crippen LogP contribution in [0, 0.1) is 5.92 Å². The van der Waals surface area contributed by atoms with E-state index < -0.39 is 0 Å². The number of hydrogen-bond acceptors (Lipinski definition) is 4. The van der Waals surface area contributed by atoms with Crippen molar-refractivity contribution in [1.29, 1.82) is 0 Å². The number of ether oxygens (including phenoxy) is 1. The molecule has 164 valence electrons. The minimum Gasteiger partial charge on any atom is -0.496 e. The molecule has 0 unspecified atom stereocenters. The number of likely N-dealkylation sites (tertiary alicyclic amines) is 1. The second-order valence-electron chi connectivity index (χ2n) is 8.03. The monoisotopic (exact) mass is 435 g/mol. The van der Waals surface area contributed by atoms with Crippen LogP contribution in [0.15, 0.2) is 18.2 Å². The number of nitrogens with one attached hydrogen (secondary N) is 2. The summed E-state index contributed by atoms with van der Waals surface area (Å²) in [6, 6.07) is 5.19. The molecule has 1 aromatic carbocycles. The summed E-state index contributed by atoms with van der Waals surface area (Å²) in [5, 5.41) is 6.23. The van der Waals surface area contributed by atoms with Crippen LogP contribution in [-0.2, 0) is 9.59 Å². The topological polar surface area (TPSA) is 87.7 Å². The van der Waals surface area contributed by atoms with Gasteiger partial charge in [-0.05, 0) is 43.9 Å². The average molecular weight is 436 g/mol. The van der Waals surface area contributed by atoms with Gasteiger partial charge in [0.2, 0.25) is 11.8 Å². The maximum atomic E-state index is 12.8. The second-order valence-corrected chi connectivity index (χ2v) is 8.47. The van der Waals surface area contributed by atoms with Gasteiger partial charge in [0.1, 0.15) is 5.75 Å². The highest BCUT2D eigenvalue weighted by Gasteiger charge is 2.29. The van der Waals surface area contributed by atoms with E-state index in [1.807, 2.05) is 0 Å². The van der Waals surface area contributed by atoms with Gasteiger partial charge in [0.25, 0.3) is 5.91 Å². The Kier molecular flexibility index (Phi) is 7.96. The lowest BCUT2D eigenvalue weighted by atomic mass is 9.95. The summed E-state index contributed by atoms with van der Waals surface area (Å²) in [6.07, 6.45) is 6.68. The second kappa shape index (κ2) is 10.7.